The number of benzene rings is 2. The molecule has 5 nitrogen and oxygen atoms in total. The molecular weight excluding hydrogens is 374 g/mol. The largest absolute Gasteiger partial charge is 0.482 e. The topological polar surface area (TPSA) is 55.8 Å². The first-order valence-electron chi connectivity index (χ1n) is 9.36. The van der Waals surface area contributed by atoms with Crippen LogP contribution in [-0.2, 0) is 14.3 Å². The van der Waals surface area contributed by atoms with Crippen LogP contribution in [0.2, 0.25) is 0 Å². The number of aryl methyl sites for hydroxylation is 1. The molecule has 1 amide bonds. The standard InChI is InChI=1S/C22H25NO4S/c1-15-7-6-9-19(17(15)3)26-14-22(25)27-13-21(24)23-12-11-16(2)28-20-10-5-4-8-18(20)23/h4-10,16H,11-14H2,1-3H3/t16-/m0/s1. The fourth-order valence-corrected chi connectivity index (χ4v) is 4.14. The first kappa shape index (κ1) is 20.3. The van der Waals surface area contributed by atoms with Gasteiger partial charge < -0.3 is 14.4 Å². The highest BCUT2D eigenvalue weighted by Gasteiger charge is 2.24. The first-order valence-corrected chi connectivity index (χ1v) is 10.2. The van der Waals surface area contributed by atoms with E-state index >= 15 is 0 Å². The van der Waals surface area contributed by atoms with Gasteiger partial charge in [0.1, 0.15) is 5.75 Å². The minimum absolute atomic E-state index is 0.220. The Labute approximate surface area is 170 Å². The number of anilines is 1. The zero-order valence-electron chi connectivity index (χ0n) is 16.4. The van der Waals surface area contributed by atoms with Crippen molar-refractivity contribution in [3.8, 4) is 5.75 Å². The molecule has 2 aromatic rings. The van der Waals surface area contributed by atoms with Crippen LogP contribution in [-0.4, -0.2) is 36.9 Å². The molecule has 1 atom stereocenters. The lowest BCUT2D eigenvalue weighted by molar-refractivity contribution is -0.149. The molecule has 0 fully saturated rings. The summed E-state index contributed by atoms with van der Waals surface area (Å²) >= 11 is 1.76. The summed E-state index contributed by atoms with van der Waals surface area (Å²) < 4.78 is 10.7. The third-order valence-electron chi connectivity index (χ3n) is 4.80. The van der Waals surface area contributed by atoms with Crippen LogP contribution < -0.4 is 9.64 Å². The van der Waals surface area contributed by atoms with Crippen molar-refractivity contribution in [3.05, 3.63) is 53.6 Å². The molecule has 1 aliphatic rings. The number of fused-ring (bicyclic) bond motifs is 1. The van der Waals surface area contributed by atoms with E-state index in [9.17, 15) is 9.59 Å². The fraction of sp³-hybridized carbons (Fsp3) is 0.364. The highest BCUT2D eigenvalue weighted by molar-refractivity contribution is 8.00. The van der Waals surface area contributed by atoms with Crippen molar-refractivity contribution in [1.82, 2.24) is 0 Å². The van der Waals surface area contributed by atoms with E-state index in [2.05, 4.69) is 6.92 Å². The number of esters is 1. The van der Waals surface area contributed by atoms with E-state index in [1.165, 1.54) is 0 Å². The number of ether oxygens (including phenoxy) is 2. The zero-order chi connectivity index (χ0) is 20.1. The minimum atomic E-state index is -0.555. The van der Waals surface area contributed by atoms with Crippen molar-refractivity contribution in [2.45, 2.75) is 37.3 Å². The monoisotopic (exact) mass is 399 g/mol. The Morgan fingerprint density at radius 2 is 1.89 bits per heavy atom. The predicted molar refractivity (Wildman–Crippen MR) is 111 cm³/mol. The third-order valence-corrected chi connectivity index (χ3v) is 6.04. The van der Waals surface area contributed by atoms with Crippen LogP contribution >= 0.6 is 11.8 Å². The average Bonchev–Trinajstić information content (AvgIpc) is 2.85. The molecule has 3 rings (SSSR count). The summed E-state index contributed by atoms with van der Waals surface area (Å²) in [4.78, 5) is 27.5. The van der Waals surface area contributed by atoms with Gasteiger partial charge in [-0.2, -0.15) is 0 Å². The Morgan fingerprint density at radius 3 is 2.71 bits per heavy atom. The number of nitrogens with zero attached hydrogens (tertiary/aromatic N) is 1. The quantitative estimate of drug-likeness (QED) is 0.707. The number of amides is 1. The maximum atomic E-state index is 12.7. The second-order valence-electron chi connectivity index (χ2n) is 6.88. The Morgan fingerprint density at radius 1 is 1.11 bits per heavy atom. The van der Waals surface area contributed by atoms with Gasteiger partial charge in [-0.1, -0.05) is 31.2 Å². The number of carbonyl (C=O) groups excluding carboxylic acids is 2. The van der Waals surface area contributed by atoms with E-state index < -0.39 is 5.97 Å². The van der Waals surface area contributed by atoms with Gasteiger partial charge in [-0.05, 0) is 49.6 Å². The molecule has 1 heterocycles. The minimum Gasteiger partial charge on any atom is -0.482 e. The highest BCUT2D eigenvalue weighted by Crippen LogP contribution is 2.37. The third kappa shape index (κ3) is 4.87. The summed E-state index contributed by atoms with van der Waals surface area (Å²) in [6.45, 7) is 6.18. The van der Waals surface area contributed by atoms with Crippen LogP contribution in [0, 0.1) is 13.8 Å². The van der Waals surface area contributed by atoms with Crippen molar-refractivity contribution in [2.24, 2.45) is 0 Å². The maximum Gasteiger partial charge on any atom is 0.344 e. The first-order chi connectivity index (χ1) is 13.5. The van der Waals surface area contributed by atoms with E-state index in [0.29, 0.717) is 17.5 Å². The molecular formula is C22H25NO4S. The number of hydrogen-bond donors (Lipinski definition) is 0. The number of carbonyl (C=O) groups is 2. The molecule has 6 heteroatoms. The molecule has 0 spiro atoms. The van der Waals surface area contributed by atoms with E-state index in [1.807, 2.05) is 56.3 Å². The predicted octanol–water partition coefficient (Wildman–Crippen LogP) is 4.14. The van der Waals surface area contributed by atoms with Crippen LogP contribution in [0.1, 0.15) is 24.5 Å². The molecule has 0 aliphatic carbocycles. The van der Waals surface area contributed by atoms with Crippen LogP contribution in [0.25, 0.3) is 0 Å². The SMILES string of the molecule is Cc1cccc(OCC(=O)OCC(=O)N2CC[C@H](C)Sc3ccccc32)c1C. The van der Waals surface area contributed by atoms with Gasteiger partial charge in [0, 0.05) is 16.7 Å². The van der Waals surface area contributed by atoms with Gasteiger partial charge in [-0.25, -0.2) is 4.79 Å². The summed E-state index contributed by atoms with van der Waals surface area (Å²) in [5, 5.41) is 0.424. The summed E-state index contributed by atoms with van der Waals surface area (Å²) in [6.07, 6.45) is 0.884. The summed E-state index contributed by atoms with van der Waals surface area (Å²) in [5.41, 5.74) is 2.96. The average molecular weight is 400 g/mol. The van der Waals surface area contributed by atoms with Gasteiger partial charge in [0.05, 0.1) is 5.69 Å². The number of rotatable bonds is 5. The van der Waals surface area contributed by atoms with Gasteiger partial charge in [-0.15, -0.1) is 11.8 Å². The lowest BCUT2D eigenvalue weighted by Crippen LogP contribution is -2.36. The zero-order valence-corrected chi connectivity index (χ0v) is 17.3. The number of para-hydroxylation sites is 1. The van der Waals surface area contributed by atoms with Gasteiger partial charge in [0.15, 0.2) is 13.2 Å². The van der Waals surface area contributed by atoms with Gasteiger partial charge >= 0.3 is 5.97 Å². The van der Waals surface area contributed by atoms with Gasteiger partial charge in [-0.3, -0.25) is 4.79 Å². The molecule has 0 bridgehead atoms. The smallest absolute Gasteiger partial charge is 0.344 e. The van der Waals surface area contributed by atoms with E-state index in [4.69, 9.17) is 9.47 Å². The highest BCUT2D eigenvalue weighted by atomic mass is 32.2. The Bertz CT molecular complexity index is 867. The molecule has 28 heavy (non-hydrogen) atoms. The van der Waals surface area contributed by atoms with E-state index in [-0.39, 0.29) is 19.1 Å². The molecule has 0 saturated heterocycles. The molecule has 0 unspecified atom stereocenters. The number of thioether (sulfide) groups is 1. The molecule has 0 radical (unpaired) electrons. The second-order valence-corrected chi connectivity index (χ2v) is 8.36. The van der Waals surface area contributed by atoms with Crippen molar-refractivity contribution >= 4 is 29.3 Å². The molecule has 2 aromatic carbocycles. The van der Waals surface area contributed by atoms with Crippen LogP contribution in [0.15, 0.2) is 47.4 Å². The maximum absolute atomic E-state index is 12.7. The van der Waals surface area contributed by atoms with Crippen LogP contribution in [0.3, 0.4) is 0 Å². The van der Waals surface area contributed by atoms with Crippen molar-refractivity contribution in [2.75, 3.05) is 24.7 Å². The summed E-state index contributed by atoms with van der Waals surface area (Å²) in [6, 6.07) is 13.5. The molecule has 148 valence electrons. The second kappa shape index (κ2) is 9.15. The van der Waals surface area contributed by atoms with Gasteiger partial charge in [0.2, 0.25) is 0 Å². The molecule has 0 saturated carbocycles. The lowest BCUT2D eigenvalue weighted by atomic mass is 10.1. The number of hydrogen-bond acceptors (Lipinski definition) is 5. The van der Waals surface area contributed by atoms with E-state index in [0.717, 1.165) is 28.1 Å². The summed E-state index contributed by atoms with van der Waals surface area (Å²) in [5.74, 6) is -0.127. The molecule has 0 N–H and O–H groups in total. The fourth-order valence-electron chi connectivity index (χ4n) is 3.02. The van der Waals surface area contributed by atoms with Crippen molar-refractivity contribution in [3.63, 3.8) is 0 Å². The van der Waals surface area contributed by atoms with Gasteiger partial charge in [0.25, 0.3) is 5.91 Å². The van der Waals surface area contributed by atoms with E-state index in [1.54, 1.807) is 16.7 Å². The molecule has 0 aromatic heterocycles. The van der Waals surface area contributed by atoms with Crippen LogP contribution in [0.4, 0.5) is 5.69 Å². The van der Waals surface area contributed by atoms with Crippen molar-refractivity contribution in [1.29, 1.82) is 0 Å². The normalized spacial score (nSPS) is 16.1. The van der Waals surface area contributed by atoms with Crippen LogP contribution in [0.5, 0.6) is 5.75 Å². The Hall–Kier alpha value is -2.47. The Balaban J connectivity index is 1.56. The molecule has 1 aliphatic heterocycles. The Kier molecular flexibility index (Phi) is 6.62. The summed E-state index contributed by atoms with van der Waals surface area (Å²) in [7, 11) is 0. The van der Waals surface area contributed by atoms with Crippen molar-refractivity contribution < 1.29 is 19.1 Å². The lowest BCUT2D eigenvalue weighted by Gasteiger charge is -2.22.